The summed E-state index contributed by atoms with van der Waals surface area (Å²) in [7, 11) is 0. The van der Waals surface area contributed by atoms with Gasteiger partial charge in [-0.05, 0) is 18.3 Å². The van der Waals surface area contributed by atoms with Crippen LogP contribution in [0.4, 0.5) is 0 Å². The Hall–Kier alpha value is -0.300. The third-order valence-electron chi connectivity index (χ3n) is 1.51. The number of aliphatic hydroxyl groups excluding tert-OH is 1. The van der Waals surface area contributed by atoms with Gasteiger partial charge in [-0.1, -0.05) is 6.08 Å². The zero-order chi connectivity index (χ0) is 5.28. The number of hydrogen-bond donors (Lipinski definition) is 1. The first-order chi connectivity index (χ1) is 3.38. The van der Waals surface area contributed by atoms with Crippen molar-refractivity contribution in [1.82, 2.24) is 0 Å². The zero-order valence-corrected chi connectivity index (χ0v) is 4.30. The van der Waals surface area contributed by atoms with Crippen LogP contribution in [0, 0.1) is 11.8 Å². The molecule has 1 aliphatic rings. The lowest BCUT2D eigenvalue weighted by Gasteiger charge is -1.81. The van der Waals surface area contributed by atoms with Crippen molar-refractivity contribution < 1.29 is 5.11 Å². The Labute approximate surface area is 43.7 Å². The fraction of sp³-hybridized carbons (Fsp3) is 0.667. The van der Waals surface area contributed by atoms with Gasteiger partial charge >= 0.3 is 0 Å². The average molecular weight is 98.1 g/mol. The van der Waals surface area contributed by atoms with Crippen LogP contribution in [-0.4, -0.2) is 11.7 Å². The molecule has 1 nitrogen and oxygen atoms in total. The van der Waals surface area contributed by atoms with Crippen LogP contribution in [0.2, 0.25) is 0 Å². The van der Waals surface area contributed by atoms with E-state index in [0.717, 1.165) is 6.42 Å². The van der Waals surface area contributed by atoms with Crippen molar-refractivity contribution in [3.8, 4) is 0 Å². The molecule has 0 unspecified atom stereocenters. The van der Waals surface area contributed by atoms with E-state index in [9.17, 15) is 0 Å². The normalized spacial score (nSPS) is 37.9. The lowest BCUT2D eigenvalue weighted by Crippen LogP contribution is -1.84. The molecule has 0 aromatic rings. The maximum absolute atomic E-state index is 8.46. The zero-order valence-electron chi connectivity index (χ0n) is 4.30. The van der Waals surface area contributed by atoms with Crippen LogP contribution in [0.3, 0.4) is 0 Å². The molecule has 1 aliphatic carbocycles. The molecule has 0 aromatic carbocycles. The third kappa shape index (κ3) is 0.829. The second-order valence-corrected chi connectivity index (χ2v) is 2.08. The topological polar surface area (TPSA) is 20.2 Å². The maximum Gasteiger partial charge on any atom is 0.0465 e. The van der Waals surface area contributed by atoms with Gasteiger partial charge in [0.05, 0.1) is 0 Å². The summed E-state index contributed by atoms with van der Waals surface area (Å²) in [6, 6.07) is 0. The van der Waals surface area contributed by atoms with E-state index in [-0.39, 0.29) is 0 Å². The molecule has 0 aromatic heterocycles. The molecule has 1 N–H and O–H groups in total. The van der Waals surface area contributed by atoms with Gasteiger partial charge in [0.1, 0.15) is 0 Å². The molecule has 0 aliphatic heterocycles. The summed E-state index contributed by atoms with van der Waals surface area (Å²) < 4.78 is 0. The predicted octanol–water partition coefficient (Wildman–Crippen LogP) is 0.801. The second kappa shape index (κ2) is 1.66. The fourth-order valence-corrected chi connectivity index (χ4v) is 0.770. The third-order valence-corrected chi connectivity index (χ3v) is 1.51. The van der Waals surface area contributed by atoms with Crippen molar-refractivity contribution in [1.29, 1.82) is 0 Å². The standard InChI is InChI=1S/C6H10O/c1-2-5-3-6(5)4-7/h2,5-7H,1,3-4H2/t5-,6-/m1/s1. The fourth-order valence-electron chi connectivity index (χ4n) is 0.770. The van der Waals surface area contributed by atoms with E-state index in [0.29, 0.717) is 18.4 Å². The van der Waals surface area contributed by atoms with Crippen LogP contribution in [0.15, 0.2) is 12.7 Å². The first-order valence-electron chi connectivity index (χ1n) is 2.62. The van der Waals surface area contributed by atoms with Gasteiger partial charge in [-0.3, -0.25) is 0 Å². The molecule has 0 amide bonds. The van der Waals surface area contributed by atoms with Crippen molar-refractivity contribution in [3.63, 3.8) is 0 Å². The van der Waals surface area contributed by atoms with Gasteiger partial charge in [0, 0.05) is 6.61 Å². The molecule has 1 saturated carbocycles. The van der Waals surface area contributed by atoms with Gasteiger partial charge in [-0.25, -0.2) is 0 Å². The molecule has 0 bridgehead atoms. The van der Waals surface area contributed by atoms with Crippen molar-refractivity contribution in [2.75, 3.05) is 6.61 Å². The monoisotopic (exact) mass is 98.1 g/mol. The Morgan fingerprint density at radius 2 is 2.57 bits per heavy atom. The molecule has 0 radical (unpaired) electrons. The van der Waals surface area contributed by atoms with Crippen molar-refractivity contribution in [2.24, 2.45) is 11.8 Å². The molecule has 1 rings (SSSR count). The number of allylic oxidation sites excluding steroid dienone is 1. The highest BCUT2D eigenvalue weighted by Gasteiger charge is 2.32. The molecule has 7 heavy (non-hydrogen) atoms. The lowest BCUT2D eigenvalue weighted by molar-refractivity contribution is 0.272. The minimum atomic E-state index is 0.344. The SMILES string of the molecule is C=C[C@@H]1C[C@@H]1CO. The number of rotatable bonds is 2. The van der Waals surface area contributed by atoms with Crippen LogP contribution in [0.1, 0.15) is 6.42 Å². The molecule has 0 spiro atoms. The highest BCUT2D eigenvalue weighted by atomic mass is 16.3. The van der Waals surface area contributed by atoms with Crippen LogP contribution in [0.5, 0.6) is 0 Å². The minimum Gasteiger partial charge on any atom is -0.396 e. The van der Waals surface area contributed by atoms with Crippen molar-refractivity contribution in [2.45, 2.75) is 6.42 Å². The summed E-state index contributed by atoms with van der Waals surface area (Å²) in [4.78, 5) is 0. The van der Waals surface area contributed by atoms with Gasteiger partial charge < -0.3 is 5.11 Å². The summed E-state index contributed by atoms with van der Waals surface area (Å²) in [5.41, 5.74) is 0. The Balaban J connectivity index is 2.17. The Kier molecular flexibility index (Phi) is 1.15. The van der Waals surface area contributed by atoms with Gasteiger partial charge in [-0.2, -0.15) is 0 Å². The first-order valence-corrected chi connectivity index (χ1v) is 2.62. The molecular formula is C6H10O. The summed E-state index contributed by atoms with van der Waals surface area (Å²) in [6.45, 7) is 3.95. The largest absolute Gasteiger partial charge is 0.396 e. The quantitative estimate of drug-likeness (QED) is 0.506. The van der Waals surface area contributed by atoms with Crippen LogP contribution in [0.25, 0.3) is 0 Å². The molecule has 0 heterocycles. The van der Waals surface area contributed by atoms with E-state index in [4.69, 9.17) is 5.11 Å². The maximum atomic E-state index is 8.46. The number of hydrogen-bond acceptors (Lipinski definition) is 1. The van der Waals surface area contributed by atoms with E-state index in [2.05, 4.69) is 6.58 Å². The highest BCUT2D eigenvalue weighted by Crippen LogP contribution is 2.38. The second-order valence-electron chi connectivity index (χ2n) is 2.08. The van der Waals surface area contributed by atoms with Crippen molar-refractivity contribution in [3.05, 3.63) is 12.7 Å². The van der Waals surface area contributed by atoms with E-state index in [1.807, 2.05) is 6.08 Å². The Morgan fingerprint density at radius 1 is 1.86 bits per heavy atom. The van der Waals surface area contributed by atoms with Crippen LogP contribution in [-0.2, 0) is 0 Å². The van der Waals surface area contributed by atoms with E-state index < -0.39 is 0 Å². The minimum absolute atomic E-state index is 0.344. The van der Waals surface area contributed by atoms with E-state index in [1.165, 1.54) is 0 Å². The van der Waals surface area contributed by atoms with Gasteiger partial charge in [0.25, 0.3) is 0 Å². The molecule has 40 valence electrons. The smallest absolute Gasteiger partial charge is 0.0465 e. The molecular weight excluding hydrogens is 88.1 g/mol. The molecule has 0 saturated heterocycles. The molecule has 1 heteroatoms. The highest BCUT2D eigenvalue weighted by molar-refractivity contribution is 4.97. The summed E-state index contributed by atoms with van der Waals surface area (Å²) in [6.07, 6.45) is 3.07. The first kappa shape index (κ1) is 4.85. The summed E-state index contributed by atoms with van der Waals surface area (Å²) in [5.74, 6) is 1.18. The summed E-state index contributed by atoms with van der Waals surface area (Å²) in [5, 5.41) is 8.46. The van der Waals surface area contributed by atoms with Crippen LogP contribution < -0.4 is 0 Å². The Bertz CT molecular complexity index is 78.2. The lowest BCUT2D eigenvalue weighted by atomic mass is 10.3. The van der Waals surface area contributed by atoms with Gasteiger partial charge in [0.2, 0.25) is 0 Å². The average Bonchev–Trinajstić information content (AvgIpc) is 2.43. The molecule has 1 fully saturated rings. The number of aliphatic hydroxyl groups is 1. The Morgan fingerprint density at radius 3 is 2.71 bits per heavy atom. The summed E-state index contributed by atoms with van der Waals surface area (Å²) >= 11 is 0. The van der Waals surface area contributed by atoms with E-state index >= 15 is 0 Å². The van der Waals surface area contributed by atoms with E-state index in [1.54, 1.807) is 0 Å². The van der Waals surface area contributed by atoms with Crippen LogP contribution >= 0.6 is 0 Å². The van der Waals surface area contributed by atoms with Crippen molar-refractivity contribution >= 4 is 0 Å². The van der Waals surface area contributed by atoms with Gasteiger partial charge in [0.15, 0.2) is 0 Å². The van der Waals surface area contributed by atoms with Gasteiger partial charge in [-0.15, -0.1) is 6.58 Å². The predicted molar refractivity (Wildman–Crippen MR) is 28.9 cm³/mol. The molecule has 2 atom stereocenters.